The Morgan fingerprint density at radius 2 is 1.69 bits per heavy atom. The second kappa shape index (κ2) is 8.26. The largest absolute Gasteiger partial charge is 0.348 e. The Balaban J connectivity index is 1.60. The second-order valence-corrected chi connectivity index (χ2v) is 7.71. The number of fused-ring (bicyclic) bond motifs is 1. The van der Waals surface area contributed by atoms with Gasteiger partial charge in [-0.2, -0.15) is 0 Å². The van der Waals surface area contributed by atoms with Crippen LogP contribution < -0.4 is 10.9 Å². The molecule has 32 heavy (non-hydrogen) atoms. The van der Waals surface area contributed by atoms with Gasteiger partial charge in [0, 0.05) is 6.20 Å². The molecule has 0 amide bonds. The highest BCUT2D eigenvalue weighted by atomic mass is 19.1. The first-order chi connectivity index (χ1) is 15.6. The molecule has 4 aromatic rings. The van der Waals surface area contributed by atoms with E-state index in [1.54, 1.807) is 29.1 Å². The fourth-order valence-corrected chi connectivity index (χ4v) is 4.03. The molecule has 7 heteroatoms. The summed E-state index contributed by atoms with van der Waals surface area (Å²) < 4.78 is 17.2. The quantitative estimate of drug-likeness (QED) is 0.471. The van der Waals surface area contributed by atoms with Gasteiger partial charge in [-0.05, 0) is 36.2 Å². The fraction of sp³-hybridized carbons (Fsp3) is 0.160. The van der Waals surface area contributed by atoms with Gasteiger partial charge < -0.3 is 5.32 Å². The Kier molecular flexibility index (Phi) is 5.15. The smallest absolute Gasteiger partial charge is 0.275 e. The molecule has 0 aliphatic carbocycles. The lowest BCUT2D eigenvalue weighted by atomic mass is 10.0. The predicted octanol–water partition coefficient (Wildman–Crippen LogP) is 4.66. The zero-order valence-corrected chi connectivity index (χ0v) is 17.6. The molecule has 160 valence electrons. The molecule has 0 spiro atoms. The maximum Gasteiger partial charge on any atom is 0.275 e. The van der Waals surface area contributed by atoms with Crippen molar-refractivity contribution in [3.8, 4) is 22.5 Å². The Morgan fingerprint density at radius 3 is 2.44 bits per heavy atom. The molecule has 2 aromatic carbocycles. The van der Waals surface area contributed by atoms with Gasteiger partial charge in [-0.3, -0.25) is 9.48 Å². The molecule has 6 nitrogen and oxygen atoms in total. The predicted molar refractivity (Wildman–Crippen MR) is 123 cm³/mol. The summed E-state index contributed by atoms with van der Waals surface area (Å²) >= 11 is 0. The van der Waals surface area contributed by atoms with Gasteiger partial charge in [-0.25, -0.2) is 19.0 Å². The standard InChI is InChI=1S/C25H22FN5O/c1-17(18-7-3-2-4-8-18)28-25-27-14-13-21(29-25)23-22(19-9-11-20(26)12-10-19)24(32)31-16-6-5-15-30(23)31/h2-14,17H,15-16H2,1H3,(H,27,28,29). The van der Waals surface area contributed by atoms with Crippen LogP contribution in [0.25, 0.3) is 22.5 Å². The van der Waals surface area contributed by atoms with Crippen molar-refractivity contribution >= 4 is 5.95 Å². The molecule has 0 bridgehead atoms. The summed E-state index contributed by atoms with van der Waals surface area (Å²) in [5, 5.41) is 3.34. The highest BCUT2D eigenvalue weighted by Gasteiger charge is 2.24. The molecule has 2 aromatic heterocycles. The van der Waals surface area contributed by atoms with Gasteiger partial charge in [-0.1, -0.05) is 54.6 Å². The van der Waals surface area contributed by atoms with E-state index < -0.39 is 0 Å². The molecule has 1 unspecified atom stereocenters. The minimum Gasteiger partial charge on any atom is -0.348 e. The molecule has 0 radical (unpaired) electrons. The maximum absolute atomic E-state index is 13.5. The minimum atomic E-state index is -0.343. The van der Waals surface area contributed by atoms with E-state index in [0.29, 0.717) is 41.6 Å². The van der Waals surface area contributed by atoms with Crippen LogP contribution in [0, 0.1) is 5.82 Å². The van der Waals surface area contributed by atoms with E-state index >= 15 is 0 Å². The third-order valence-electron chi connectivity index (χ3n) is 5.63. The molecule has 3 heterocycles. The number of hydrogen-bond donors (Lipinski definition) is 1. The monoisotopic (exact) mass is 427 g/mol. The number of allylic oxidation sites excluding steroid dienone is 2. The normalized spacial score (nSPS) is 13.6. The molecular formula is C25H22FN5O. The summed E-state index contributed by atoms with van der Waals surface area (Å²) in [6.07, 6.45) is 5.67. The van der Waals surface area contributed by atoms with Crippen molar-refractivity contribution < 1.29 is 4.39 Å². The number of rotatable bonds is 5. The van der Waals surface area contributed by atoms with Crippen LogP contribution in [0.1, 0.15) is 18.5 Å². The van der Waals surface area contributed by atoms with Crippen molar-refractivity contribution in [1.29, 1.82) is 0 Å². The summed E-state index contributed by atoms with van der Waals surface area (Å²) in [5.74, 6) is 0.132. The lowest BCUT2D eigenvalue weighted by Gasteiger charge is -2.17. The van der Waals surface area contributed by atoms with Crippen LogP contribution in [0.2, 0.25) is 0 Å². The maximum atomic E-state index is 13.5. The lowest BCUT2D eigenvalue weighted by molar-refractivity contribution is 0.498. The van der Waals surface area contributed by atoms with E-state index in [1.807, 2.05) is 54.1 Å². The Morgan fingerprint density at radius 1 is 0.969 bits per heavy atom. The minimum absolute atomic E-state index is 0.0108. The zero-order chi connectivity index (χ0) is 22.1. The summed E-state index contributed by atoms with van der Waals surface area (Å²) in [6.45, 7) is 3.08. The van der Waals surface area contributed by atoms with Crippen molar-refractivity contribution in [3.63, 3.8) is 0 Å². The van der Waals surface area contributed by atoms with Gasteiger partial charge in [0.15, 0.2) is 0 Å². The van der Waals surface area contributed by atoms with Crippen LogP contribution in [0.3, 0.4) is 0 Å². The molecule has 0 saturated carbocycles. The fourth-order valence-electron chi connectivity index (χ4n) is 4.03. The van der Waals surface area contributed by atoms with Gasteiger partial charge >= 0.3 is 0 Å². The lowest BCUT2D eigenvalue weighted by Crippen LogP contribution is -2.25. The number of benzene rings is 2. The van der Waals surface area contributed by atoms with Crippen LogP contribution in [0.15, 0.2) is 83.8 Å². The first-order valence-corrected chi connectivity index (χ1v) is 10.5. The Bertz CT molecular complexity index is 1340. The highest BCUT2D eigenvalue weighted by Crippen LogP contribution is 2.31. The molecule has 5 rings (SSSR count). The van der Waals surface area contributed by atoms with Crippen molar-refractivity contribution in [3.05, 3.63) is 101 Å². The van der Waals surface area contributed by atoms with Crippen molar-refractivity contribution in [2.75, 3.05) is 5.32 Å². The second-order valence-electron chi connectivity index (χ2n) is 7.71. The Labute approximate surface area is 184 Å². The van der Waals surface area contributed by atoms with E-state index in [4.69, 9.17) is 4.98 Å². The summed E-state index contributed by atoms with van der Waals surface area (Å²) in [5.41, 5.74) is 3.50. The van der Waals surface area contributed by atoms with E-state index in [-0.39, 0.29) is 17.4 Å². The van der Waals surface area contributed by atoms with Crippen molar-refractivity contribution in [2.24, 2.45) is 0 Å². The number of nitrogens with zero attached hydrogens (tertiary/aromatic N) is 4. The summed E-state index contributed by atoms with van der Waals surface area (Å²) in [7, 11) is 0. The first-order valence-electron chi connectivity index (χ1n) is 10.5. The number of anilines is 1. The van der Waals surface area contributed by atoms with Crippen LogP contribution in [0.4, 0.5) is 10.3 Å². The molecule has 1 aliphatic heterocycles. The van der Waals surface area contributed by atoms with Crippen LogP contribution in [-0.2, 0) is 13.1 Å². The number of aromatic nitrogens is 4. The van der Waals surface area contributed by atoms with Gasteiger partial charge in [0.1, 0.15) is 5.82 Å². The van der Waals surface area contributed by atoms with Crippen LogP contribution in [0.5, 0.6) is 0 Å². The molecular weight excluding hydrogens is 405 g/mol. The van der Waals surface area contributed by atoms with Crippen LogP contribution >= 0.6 is 0 Å². The van der Waals surface area contributed by atoms with E-state index in [2.05, 4.69) is 10.3 Å². The molecule has 1 N–H and O–H groups in total. The van der Waals surface area contributed by atoms with Gasteiger partial charge in [0.05, 0.1) is 36.1 Å². The molecule has 0 fully saturated rings. The van der Waals surface area contributed by atoms with Gasteiger partial charge in [0.25, 0.3) is 5.56 Å². The third-order valence-corrected chi connectivity index (χ3v) is 5.63. The van der Waals surface area contributed by atoms with E-state index in [1.165, 1.54) is 12.1 Å². The van der Waals surface area contributed by atoms with Crippen molar-refractivity contribution in [2.45, 2.75) is 26.1 Å². The molecule has 1 aliphatic rings. The average Bonchev–Trinajstić information content (AvgIpc) is 3.13. The Hall–Kier alpha value is -4.00. The van der Waals surface area contributed by atoms with E-state index in [9.17, 15) is 9.18 Å². The number of halogens is 1. The third kappa shape index (κ3) is 3.62. The number of hydrogen-bond acceptors (Lipinski definition) is 4. The topological polar surface area (TPSA) is 64.7 Å². The first kappa shape index (κ1) is 19.9. The molecule has 0 saturated heterocycles. The van der Waals surface area contributed by atoms with Gasteiger partial charge in [0.2, 0.25) is 5.95 Å². The summed E-state index contributed by atoms with van der Waals surface area (Å²) in [6, 6.07) is 17.9. The van der Waals surface area contributed by atoms with Crippen molar-refractivity contribution in [1.82, 2.24) is 19.3 Å². The summed E-state index contributed by atoms with van der Waals surface area (Å²) in [4.78, 5) is 22.4. The SMILES string of the molecule is CC(Nc1nccc(-c2c(-c3ccc(F)cc3)c(=O)n3n2CC=CC3)n1)c1ccccc1. The highest BCUT2D eigenvalue weighted by molar-refractivity contribution is 5.79. The number of nitrogens with one attached hydrogen (secondary N) is 1. The van der Waals surface area contributed by atoms with Gasteiger partial charge in [-0.15, -0.1) is 0 Å². The zero-order valence-electron chi connectivity index (χ0n) is 17.6. The molecule has 1 atom stereocenters. The van der Waals surface area contributed by atoms with Crippen LogP contribution in [-0.4, -0.2) is 19.3 Å². The van der Waals surface area contributed by atoms with E-state index in [0.717, 1.165) is 5.56 Å². The average molecular weight is 427 g/mol.